The molecule has 426 valence electrons. The van der Waals surface area contributed by atoms with Crippen LogP contribution in [0.3, 0.4) is 0 Å². The van der Waals surface area contributed by atoms with E-state index < -0.39 is 51.3 Å². The van der Waals surface area contributed by atoms with Gasteiger partial charge in [-0.3, -0.25) is 9.52 Å². The number of aromatic nitrogens is 4. The van der Waals surface area contributed by atoms with E-state index in [9.17, 15) is 33.3 Å². The number of nitrogens with one attached hydrogen (secondary N) is 1. The summed E-state index contributed by atoms with van der Waals surface area (Å²) in [7, 11) is -1.22. The number of allylic oxidation sites excluding steroid dienone is 4. The summed E-state index contributed by atoms with van der Waals surface area (Å²) in [5, 5.41) is 28.0. The number of thiazole rings is 2. The maximum atomic E-state index is 12.7. The number of nitriles is 2. The van der Waals surface area contributed by atoms with E-state index in [2.05, 4.69) is 32.8 Å². The van der Waals surface area contributed by atoms with E-state index in [0.29, 0.717) is 149 Å². The summed E-state index contributed by atoms with van der Waals surface area (Å²) in [5.41, 5.74) is 0.958. The van der Waals surface area contributed by atoms with Gasteiger partial charge >= 0.3 is 12.8 Å². The highest BCUT2D eigenvalue weighted by Gasteiger charge is 2.43. The van der Waals surface area contributed by atoms with Crippen molar-refractivity contribution in [2.45, 2.75) is 63.6 Å². The van der Waals surface area contributed by atoms with Crippen LogP contribution in [0.15, 0.2) is 130 Å². The molecule has 4 aromatic heterocycles. The molecule has 1 amide bonds. The number of fused-ring (bicyclic) bond motifs is 4. The third-order valence-corrected chi connectivity index (χ3v) is 20.2. The molecule has 13 nitrogen and oxygen atoms in total. The monoisotopic (exact) mass is 1340 g/mol. The number of ether oxygens (including phenoxy) is 2. The lowest BCUT2D eigenvalue weighted by Crippen LogP contribution is -2.43. The second kappa shape index (κ2) is 25.0. The van der Waals surface area contributed by atoms with Gasteiger partial charge in [-0.15, -0.1) is 22.7 Å². The topological polar surface area (TPSA) is 166 Å². The van der Waals surface area contributed by atoms with Crippen molar-refractivity contribution in [1.82, 2.24) is 23.6 Å². The van der Waals surface area contributed by atoms with Crippen molar-refractivity contribution in [2.75, 3.05) is 13.2 Å². The highest BCUT2D eigenvalue weighted by Crippen LogP contribution is 2.44. The molecule has 5 aromatic carbocycles. The van der Waals surface area contributed by atoms with Crippen LogP contribution >= 0.6 is 78.6 Å². The molecule has 24 heteroatoms. The molecule has 0 aliphatic carbocycles. The first-order valence-corrected chi connectivity index (χ1v) is 32.5. The quantitative estimate of drug-likeness (QED) is 0.0354. The van der Waals surface area contributed by atoms with Gasteiger partial charge in [-0.1, -0.05) is 68.2 Å². The number of alkyl halides is 3. The average Bonchev–Trinajstić information content (AvgIpc) is 1.57. The number of carbonyl (C=O) groups is 2. The average molecular weight is 1340 g/mol. The molecule has 0 spiro atoms. The Morgan fingerprint density at radius 1 is 0.741 bits per heavy atom. The maximum Gasteiger partial charge on any atom is 0.743 e. The Kier molecular flexibility index (Phi) is 17.1. The molecule has 3 aliphatic heterocycles. The first-order chi connectivity index (χ1) is 41.2. The number of benzene rings is 5. The van der Waals surface area contributed by atoms with Gasteiger partial charge in [-0.2, -0.15) is 23.7 Å². The molecular weight excluding hydrogens is 1300 g/mol. The number of amides is 1. The van der Waals surface area contributed by atoms with Crippen LogP contribution in [-0.2, 0) is 9.59 Å². The van der Waals surface area contributed by atoms with Gasteiger partial charge in [-0.05, 0) is 167 Å². The van der Waals surface area contributed by atoms with Crippen LogP contribution in [0.4, 0.5) is 13.2 Å². The van der Waals surface area contributed by atoms with Crippen LogP contribution in [0.25, 0.3) is 64.9 Å². The minimum Gasteiger partial charge on any atom is -0.503 e. The molecule has 85 heavy (non-hydrogen) atoms. The lowest BCUT2D eigenvalue weighted by molar-refractivity contribution is -0.120. The lowest BCUT2D eigenvalue weighted by atomic mass is 9.58. The van der Waals surface area contributed by atoms with Gasteiger partial charge < -0.3 is 32.5 Å². The van der Waals surface area contributed by atoms with E-state index in [4.69, 9.17) is 52.0 Å². The zero-order chi connectivity index (χ0) is 58.9. The Balaban J connectivity index is 1.16. The fraction of sp³-hybridized carbons (Fsp3) is 0.197. The van der Waals surface area contributed by atoms with Crippen molar-refractivity contribution in [3.8, 4) is 57.7 Å². The number of hydrogen-bond acceptors (Lipinski definition) is 13. The minimum atomic E-state index is -4.59. The van der Waals surface area contributed by atoms with Gasteiger partial charge in [0.1, 0.15) is 62.1 Å². The van der Waals surface area contributed by atoms with Gasteiger partial charge in [0.15, 0.2) is 0 Å². The number of nitrogens with zero attached hydrogens (tertiary/aromatic N) is 6. The molecule has 0 saturated heterocycles. The van der Waals surface area contributed by atoms with E-state index in [1.165, 1.54) is 31.8 Å². The fourth-order valence-electron chi connectivity index (χ4n) is 10.8. The van der Waals surface area contributed by atoms with E-state index in [-0.39, 0.29) is 36.8 Å². The number of rotatable bonds is 19. The van der Waals surface area contributed by atoms with Crippen molar-refractivity contribution < 1.29 is 41.5 Å². The zero-order valence-electron chi connectivity index (χ0n) is 45.0. The van der Waals surface area contributed by atoms with Crippen molar-refractivity contribution >= 4 is 151 Å². The number of unbranched alkanes of at least 4 members (excludes halogenated alkanes) is 2. The fourth-order valence-corrected chi connectivity index (χ4v) is 15.7. The number of halogens is 6. The number of carbonyl (C=O) groups excluding carboxylic acids is 2. The largest absolute Gasteiger partial charge is 0.743 e. The second-order valence-corrected chi connectivity index (χ2v) is 26.6. The molecular formula is C61H45B2Cl2F3IN7O6S3. The molecule has 3 aliphatic rings. The summed E-state index contributed by atoms with van der Waals surface area (Å²) >= 11 is 14.9. The van der Waals surface area contributed by atoms with Crippen LogP contribution in [0, 0.1) is 22.7 Å². The van der Waals surface area contributed by atoms with Gasteiger partial charge in [-0.25, -0.2) is 9.97 Å². The van der Waals surface area contributed by atoms with Crippen LogP contribution in [0.5, 0.6) is 23.0 Å². The molecule has 0 unspecified atom stereocenters. The van der Waals surface area contributed by atoms with Crippen LogP contribution in [0.2, 0.25) is 22.7 Å². The summed E-state index contributed by atoms with van der Waals surface area (Å²) in [6.45, 7) is 1.90. The van der Waals surface area contributed by atoms with Crippen molar-refractivity contribution in [3.63, 3.8) is 0 Å². The molecule has 7 heterocycles. The Morgan fingerprint density at radius 3 is 1.79 bits per heavy atom. The van der Waals surface area contributed by atoms with Crippen molar-refractivity contribution in [2.24, 2.45) is 0 Å². The highest BCUT2D eigenvalue weighted by atomic mass is 127. The molecule has 0 bridgehead atoms. The van der Waals surface area contributed by atoms with Gasteiger partial charge in [0, 0.05) is 39.4 Å². The van der Waals surface area contributed by atoms with Crippen LogP contribution < -0.4 is 34.2 Å². The lowest BCUT2D eigenvalue weighted by Gasteiger charge is -2.19. The first-order valence-electron chi connectivity index (χ1n) is 27.0. The number of ketones is 1. The molecule has 0 radical (unpaired) electrons. The Morgan fingerprint density at radius 2 is 1.27 bits per heavy atom. The predicted molar refractivity (Wildman–Crippen MR) is 343 cm³/mol. The summed E-state index contributed by atoms with van der Waals surface area (Å²) in [6.07, 6.45) is 8.04. The van der Waals surface area contributed by atoms with Gasteiger partial charge in [0.2, 0.25) is 5.91 Å². The van der Waals surface area contributed by atoms with Crippen molar-refractivity contribution in [1.29, 1.82) is 10.5 Å². The summed E-state index contributed by atoms with van der Waals surface area (Å²) < 4.78 is 75.6. The Bertz CT molecular complexity index is 4430. The van der Waals surface area contributed by atoms with E-state index in [1.54, 1.807) is 31.2 Å². The molecule has 0 saturated carbocycles. The first kappa shape index (κ1) is 58.1. The highest BCUT2D eigenvalue weighted by molar-refractivity contribution is 14.2. The molecule has 9 aromatic rings. The SMILES string of the molecule is CC(=O)CCCCOc1ccc(-c2c3/c(=C(\C#N)c4nc5cc(Cl)ccc5s4)n(B4CC5=C(C4)I=CC=C5)c(-c4ccc(OCCCCC(=O)NSC(F)(F)F)cc4)c3/c(=C(\C#N)c3nc4cc(Cl)ccc4s3)n2B2Oc3ccccc3O2)cc1. The Labute approximate surface area is 518 Å². The van der Waals surface area contributed by atoms with E-state index in [1.807, 2.05) is 94.1 Å². The maximum absolute atomic E-state index is 12.7. The third-order valence-electron chi connectivity index (χ3n) is 14.4. The van der Waals surface area contributed by atoms with Crippen LogP contribution in [-0.4, -0.2) is 67.4 Å². The zero-order valence-corrected chi connectivity index (χ0v) is 51.1. The molecule has 0 fully saturated rings. The van der Waals surface area contributed by atoms with E-state index >= 15 is 0 Å². The molecule has 12 rings (SSSR count). The summed E-state index contributed by atoms with van der Waals surface area (Å²) in [4.78, 5) is 34.1. The molecule has 0 atom stereocenters. The predicted octanol–water partition coefficient (Wildman–Crippen LogP) is 14.5. The summed E-state index contributed by atoms with van der Waals surface area (Å²) in [6, 6.07) is 38.7. The minimum absolute atomic E-state index is 0.108. The normalized spacial score (nSPS) is 14.4. The smallest absolute Gasteiger partial charge is 0.503 e. The summed E-state index contributed by atoms with van der Waals surface area (Å²) in [5.74, 6) is 1.44. The van der Waals surface area contributed by atoms with Crippen LogP contribution in [0.1, 0.15) is 55.5 Å². The molecule has 1 N–H and O–H groups in total. The third kappa shape index (κ3) is 12.3. The van der Waals surface area contributed by atoms with E-state index in [0.717, 1.165) is 9.40 Å². The van der Waals surface area contributed by atoms with Gasteiger partial charge in [0.25, 0.3) is 6.85 Å². The number of Topliss-reactive ketones (excluding diaryl/α,β-unsaturated/α-hetero) is 1. The number of para-hydroxylation sites is 2. The van der Waals surface area contributed by atoms with Gasteiger partial charge in [0.05, 0.1) is 62.0 Å². The number of hydrogen-bond donors (Lipinski definition) is 1. The Hall–Kier alpha value is -7.31. The standard InChI is InChI=1S/C61H45B2Cl2F3IN7O6S3/c1-35(77)9-4-6-27-79-42-22-16-37(17-23-42)56-54-53(58(76(56)63-81-48-11-2-3-12-49(48)82-63)44(34-71)60-73-47-30-40(65)19-25-51(47)84-60)55(36-14-20-41(21-15-36)80-28-7-5-13-52(78)74-85-61(66,67)68)75(62-31-38-10-8-26-69-45(38)32-62)57(54)43(33-70)59-72-46-29-39(64)18-24-50(46)83-59/h2-3,8,10-12,14-26,29-30H,4-7,9,13,27-28,31-32H2,1H3,(H,74,78)/b57-43-,58-44-. The van der Waals surface area contributed by atoms with Crippen molar-refractivity contribution in [3.05, 3.63) is 161 Å². The second-order valence-electron chi connectivity index (χ2n) is 20.1.